The first-order chi connectivity index (χ1) is 15.0. The minimum absolute atomic E-state index is 0.103. The predicted molar refractivity (Wildman–Crippen MR) is 111 cm³/mol. The number of allylic oxidation sites excluding steroid dienone is 2. The zero-order chi connectivity index (χ0) is 21.5. The van der Waals surface area contributed by atoms with Crippen molar-refractivity contribution in [3.05, 3.63) is 83.0 Å². The molecule has 5 rings (SSSR count). The molecule has 0 saturated heterocycles. The van der Waals surface area contributed by atoms with Crippen LogP contribution in [0.3, 0.4) is 0 Å². The van der Waals surface area contributed by atoms with Crippen LogP contribution in [0.15, 0.2) is 64.7 Å². The molecule has 1 aliphatic heterocycles. The second kappa shape index (κ2) is 7.39. The molecule has 156 valence electrons. The van der Waals surface area contributed by atoms with Gasteiger partial charge in [0.1, 0.15) is 30.2 Å². The second-order valence-corrected chi connectivity index (χ2v) is 7.44. The van der Waals surface area contributed by atoms with Gasteiger partial charge in [-0.2, -0.15) is 0 Å². The van der Waals surface area contributed by atoms with Gasteiger partial charge >= 0.3 is 0 Å². The summed E-state index contributed by atoms with van der Waals surface area (Å²) in [6.45, 7) is 5.49. The molecule has 0 bridgehead atoms. The summed E-state index contributed by atoms with van der Waals surface area (Å²) < 4.78 is 19.0. The van der Waals surface area contributed by atoms with Crippen LogP contribution in [0, 0.1) is 6.92 Å². The number of aryl methyl sites for hydroxylation is 1. The number of nitrogens with zero attached hydrogens (tertiary/aromatic N) is 4. The lowest BCUT2D eigenvalue weighted by atomic mass is 9.85. The largest absolute Gasteiger partial charge is 0.486 e. The zero-order valence-corrected chi connectivity index (χ0v) is 17.3. The molecular formula is C23H20N4O4. The Morgan fingerprint density at radius 2 is 2.00 bits per heavy atom. The molecule has 0 fully saturated rings. The van der Waals surface area contributed by atoms with Crippen LogP contribution in [0.4, 0.5) is 0 Å². The standard InChI is InChI=1S/C23H20N4O4/c1-13-6-8-16(9-7-13)30-11-18-25-22-21-20(17-5-4-10-29-17)19(14(2)28)15(3)31-23(21)24-12-27(22)26-18/h4-10,12,20H,11H2,1-3H3. The van der Waals surface area contributed by atoms with Crippen molar-refractivity contribution < 1.29 is 18.7 Å². The number of aromatic nitrogens is 4. The van der Waals surface area contributed by atoms with Crippen LogP contribution in [0.25, 0.3) is 5.65 Å². The Morgan fingerprint density at radius 1 is 1.19 bits per heavy atom. The highest BCUT2D eigenvalue weighted by Crippen LogP contribution is 2.44. The van der Waals surface area contributed by atoms with Crippen molar-refractivity contribution in [1.82, 2.24) is 19.6 Å². The normalized spacial score (nSPS) is 15.6. The fourth-order valence-electron chi connectivity index (χ4n) is 3.82. The van der Waals surface area contributed by atoms with E-state index in [0.29, 0.717) is 40.0 Å². The molecule has 0 aliphatic carbocycles. The first-order valence-electron chi connectivity index (χ1n) is 9.88. The summed E-state index contributed by atoms with van der Waals surface area (Å²) in [6, 6.07) is 11.4. The maximum absolute atomic E-state index is 12.5. The molecule has 4 aromatic rings. The Balaban J connectivity index is 1.57. The van der Waals surface area contributed by atoms with Crippen molar-refractivity contribution in [1.29, 1.82) is 0 Å². The number of ether oxygens (including phenoxy) is 2. The fraction of sp³-hybridized carbons (Fsp3) is 0.217. The predicted octanol–water partition coefficient (Wildman–Crippen LogP) is 3.99. The van der Waals surface area contributed by atoms with E-state index in [1.807, 2.05) is 37.3 Å². The Labute approximate surface area is 178 Å². The molecule has 1 aliphatic rings. The van der Waals surface area contributed by atoms with Gasteiger partial charge in [-0.25, -0.2) is 14.5 Å². The van der Waals surface area contributed by atoms with Gasteiger partial charge in [-0.3, -0.25) is 4.79 Å². The molecule has 8 nitrogen and oxygen atoms in total. The summed E-state index contributed by atoms with van der Waals surface area (Å²) in [5.74, 6) is 2.14. The maximum atomic E-state index is 12.5. The smallest absolute Gasteiger partial charge is 0.228 e. The Kier molecular flexibility index (Phi) is 4.54. The highest BCUT2D eigenvalue weighted by molar-refractivity contribution is 5.97. The van der Waals surface area contributed by atoms with Crippen LogP contribution in [-0.4, -0.2) is 25.4 Å². The molecule has 1 aromatic carbocycles. The van der Waals surface area contributed by atoms with E-state index < -0.39 is 5.92 Å². The molecule has 3 aromatic heterocycles. The quantitative estimate of drug-likeness (QED) is 0.486. The third kappa shape index (κ3) is 3.35. The molecule has 1 unspecified atom stereocenters. The molecule has 0 amide bonds. The van der Waals surface area contributed by atoms with Crippen LogP contribution in [0.1, 0.15) is 42.5 Å². The number of hydrogen-bond acceptors (Lipinski definition) is 7. The summed E-state index contributed by atoms with van der Waals surface area (Å²) in [5.41, 5.74) is 2.85. The number of furan rings is 1. The molecule has 0 spiro atoms. The number of carbonyl (C=O) groups excluding carboxylic acids is 1. The highest BCUT2D eigenvalue weighted by atomic mass is 16.5. The van der Waals surface area contributed by atoms with Gasteiger partial charge in [0, 0.05) is 5.57 Å². The van der Waals surface area contributed by atoms with Crippen molar-refractivity contribution in [2.24, 2.45) is 0 Å². The zero-order valence-electron chi connectivity index (χ0n) is 17.3. The number of benzene rings is 1. The first kappa shape index (κ1) is 19.0. The van der Waals surface area contributed by atoms with Crippen LogP contribution < -0.4 is 9.47 Å². The lowest BCUT2D eigenvalue weighted by Crippen LogP contribution is -2.21. The van der Waals surface area contributed by atoms with Crippen molar-refractivity contribution in [3.8, 4) is 11.6 Å². The van der Waals surface area contributed by atoms with Crippen LogP contribution >= 0.6 is 0 Å². The Morgan fingerprint density at radius 3 is 2.71 bits per heavy atom. The van der Waals surface area contributed by atoms with E-state index in [-0.39, 0.29) is 12.4 Å². The van der Waals surface area contributed by atoms with Gasteiger partial charge in [0.25, 0.3) is 0 Å². The first-order valence-corrected chi connectivity index (χ1v) is 9.88. The van der Waals surface area contributed by atoms with E-state index >= 15 is 0 Å². The number of rotatable bonds is 5. The molecule has 8 heteroatoms. The topological polar surface area (TPSA) is 91.8 Å². The van der Waals surface area contributed by atoms with Gasteiger partial charge in [-0.05, 0) is 45.0 Å². The van der Waals surface area contributed by atoms with E-state index in [4.69, 9.17) is 13.9 Å². The number of Topliss-reactive ketones (excluding diaryl/α,β-unsaturated/α-hetero) is 1. The molecule has 0 saturated carbocycles. The van der Waals surface area contributed by atoms with Crippen molar-refractivity contribution in [2.45, 2.75) is 33.3 Å². The van der Waals surface area contributed by atoms with Crippen LogP contribution in [-0.2, 0) is 11.4 Å². The average molecular weight is 416 g/mol. The van der Waals surface area contributed by atoms with Crippen LogP contribution in [0.5, 0.6) is 11.6 Å². The number of ketones is 1. The lowest BCUT2D eigenvalue weighted by Gasteiger charge is -2.26. The molecule has 4 heterocycles. The minimum atomic E-state index is -0.484. The number of fused-ring (bicyclic) bond motifs is 3. The average Bonchev–Trinajstić information content (AvgIpc) is 3.41. The molecule has 0 radical (unpaired) electrons. The van der Waals surface area contributed by atoms with E-state index in [2.05, 4.69) is 15.1 Å². The van der Waals surface area contributed by atoms with Crippen molar-refractivity contribution >= 4 is 11.4 Å². The highest BCUT2D eigenvalue weighted by Gasteiger charge is 2.37. The van der Waals surface area contributed by atoms with Gasteiger partial charge in [0.15, 0.2) is 17.3 Å². The molecule has 31 heavy (non-hydrogen) atoms. The number of carbonyl (C=O) groups is 1. The minimum Gasteiger partial charge on any atom is -0.486 e. The van der Waals surface area contributed by atoms with Crippen molar-refractivity contribution in [2.75, 3.05) is 0 Å². The van der Waals surface area contributed by atoms with E-state index in [9.17, 15) is 4.79 Å². The second-order valence-electron chi connectivity index (χ2n) is 7.44. The number of hydrogen-bond donors (Lipinski definition) is 0. The molecule has 1 atom stereocenters. The third-order valence-corrected chi connectivity index (χ3v) is 5.23. The van der Waals surface area contributed by atoms with Gasteiger partial charge < -0.3 is 13.9 Å². The van der Waals surface area contributed by atoms with E-state index in [1.54, 1.807) is 30.1 Å². The fourth-order valence-corrected chi connectivity index (χ4v) is 3.82. The third-order valence-electron chi connectivity index (χ3n) is 5.23. The van der Waals surface area contributed by atoms with Crippen molar-refractivity contribution in [3.63, 3.8) is 0 Å². The molecular weight excluding hydrogens is 396 g/mol. The lowest BCUT2D eigenvalue weighted by molar-refractivity contribution is -0.114. The summed E-state index contributed by atoms with van der Waals surface area (Å²) >= 11 is 0. The maximum Gasteiger partial charge on any atom is 0.228 e. The van der Waals surface area contributed by atoms with E-state index in [1.165, 1.54) is 6.92 Å². The Hall–Kier alpha value is -3.94. The summed E-state index contributed by atoms with van der Waals surface area (Å²) in [6.07, 6.45) is 3.12. The summed E-state index contributed by atoms with van der Waals surface area (Å²) in [4.78, 5) is 21.6. The Bertz CT molecular complexity index is 1300. The monoisotopic (exact) mass is 416 g/mol. The van der Waals surface area contributed by atoms with Crippen LogP contribution in [0.2, 0.25) is 0 Å². The van der Waals surface area contributed by atoms with Gasteiger partial charge in [-0.1, -0.05) is 17.7 Å². The SMILES string of the molecule is CC(=O)C1=C(C)Oc2ncn3nc(COc4ccc(C)cc4)nc3c2C1c1ccco1. The summed E-state index contributed by atoms with van der Waals surface area (Å²) in [5, 5.41) is 4.49. The van der Waals surface area contributed by atoms with Gasteiger partial charge in [0.05, 0.1) is 17.7 Å². The molecule has 0 N–H and O–H groups in total. The summed E-state index contributed by atoms with van der Waals surface area (Å²) in [7, 11) is 0. The van der Waals surface area contributed by atoms with Gasteiger partial charge in [0.2, 0.25) is 5.88 Å². The van der Waals surface area contributed by atoms with Gasteiger partial charge in [-0.15, -0.1) is 5.10 Å². The van der Waals surface area contributed by atoms with E-state index in [0.717, 1.165) is 11.3 Å².